The summed E-state index contributed by atoms with van der Waals surface area (Å²) >= 11 is 1.55. The van der Waals surface area contributed by atoms with E-state index in [9.17, 15) is 10.1 Å². The van der Waals surface area contributed by atoms with Gasteiger partial charge in [-0.05, 0) is 37.7 Å². The van der Waals surface area contributed by atoms with Crippen LogP contribution in [0.4, 0.5) is 0 Å². The number of ketones is 1. The van der Waals surface area contributed by atoms with Crippen molar-refractivity contribution in [3.63, 3.8) is 0 Å². The van der Waals surface area contributed by atoms with Crippen molar-refractivity contribution in [2.24, 2.45) is 0 Å². The molecule has 0 radical (unpaired) electrons. The van der Waals surface area contributed by atoms with Crippen molar-refractivity contribution in [2.75, 3.05) is 5.75 Å². The Labute approximate surface area is 135 Å². The lowest BCUT2D eigenvalue weighted by Crippen LogP contribution is -2.00. The lowest BCUT2D eigenvalue weighted by molar-refractivity contribution is 0.0982. The maximum absolute atomic E-state index is 12.0. The summed E-state index contributed by atoms with van der Waals surface area (Å²) in [7, 11) is 0. The van der Waals surface area contributed by atoms with Gasteiger partial charge in [-0.3, -0.25) is 4.79 Å². The Bertz CT molecular complexity index is 705. The fourth-order valence-electron chi connectivity index (χ4n) is 2.21. The van der Waals surface area contributed by atoms with Gasteiger partial charge in [-0.15, -0.1) is 11.8 Å². The summed E-state index contributed by atoms with van der Waals surface area (Å²) in [4.78, 5) is 16.4. The van der Waals surface area contributed by atoms with E-state index in [1.54, 1.807) is 11.8 Å². The molecule has 0 amide bonds. The van der Waals surface area contributed by atoms with E-state index in [0.29, 0.717) is 12.0 Å². The topological polar surface area (TPSA) is 53.8 Å². The van der Waals surface area contributed by atoms with Crippen LogP contribution in [-0.4, -0.2) is 16.5 Å². The number of aromatic nitrogens is 1. The Balaban J connectivity index is 1.90. The first-order valence-electron chi connectivity index (χ1n) is 7.21. The molecule has 22 heavy (non-hydrogen) atoms. The van der Waals surface area contributed by atoms with Gasteiger partial charge in [-0.2, -0.15) is 5.26 Å². The van der Waals surface area contributed by atoms with E-state index in [-0.39, 0.29) is 5.78 Å². The highest BCUT2D eigenvalue weighted by atomic mass is 32.2. The molecule has 4 heteroatoms. The minimum absolute atomic E-state index is 0.162. The molecule has 0 spiro atoms. The summed E-state index contributed by atoms with van der Waals surface area (Å²) in [5.74, 6) is 0.943. The largest absolute Gasteiger partial charge is 0.294 e. The van der Waals surface area contributed by atoms with Crippen LogP contribution >= 0.6 is 11.8 Å². The van der Waals surface area contributed by atoms with Crippen LogP contribution in [0.1, 0.15) is 40.0 Å². The second-order valence-corrected chi connectivity index (χ2v) is 6.20. The number of carbonyl (C=O) groups is 1. The molecule has 0 aliphatic heterocycles. The molecule has 1 heterocycles. The number of thioether (sulfide) groups is 1. The Morgan fingerprint density at radius 2 is 2.00 bits per heavy atom. The van der Waals surface area contributed by atoms with Crippen LogP contribution in [0, 0.1) is 25.2 Å². The van der Waals surface area contributed by atoms with Crippen LogP contribution in [0.5, 0.6) is 0 Å². The van der Waals surface area contributed by atoms with Crippen LogP contribution < -0.4 is 0 Å². The van der Waals surface area contributed by atoms with E-state index in [1.807, 2.05) is 50.2 Å². The number of benzene rings is 1. The van der Waals surface area contributed by atoms with E-state index in [2.05, 4.69) is 11.1 Å². The minimum Gasteiger partial charge on any atom is -0.294 e. The standard InChI is InChI=1S/C18H18N2OS/c1-13-11-14(2)20-18(16(13)12-19)22-10-6-9-17(21)15-7-4-3-5-8-15/h3-5,7-8,11H,6,9-10H2,1-2H3. The highest BCUT2D eigenvalue weighted by Crippen LogP contribution is 2.24. The molecule has 0 aliphatic carbocycles. The second-order valence-electron chi connectivity index (χ2n) is 5.11. The predicted octanol–water partition coefficient (Wildman–Crippen LogP) is 4.33. The SMILES string of the molecule is Cc1cc(C)c(C#N)c(SCCCC(=O)c2ccccc2)n1. The highest BCUT2D eigenvalue weighted by molar-refractivity contribution is 7.99. The molecule has 2 rings (SSSR count). The van der Waals surface area contributed by atoms with Gasteiger partial charge in [0.25, 0.3) is 0 Å². The van der Waals surface area contributed by atoms with Crippen LogP contribution in [0.15, 0.2) is 41.4 Å². The van der Waals surface area contributed by atoms with Crippen LogP contribution in [0.2, 0.25) is 0 Å². The second kappa shape index (κ2) is 7.77. The van der Waals surface area contributed by atoms with Crippen molar-refractivity contribution in [1.82, 2.24) is 4.98 Å². The van der Waals surface area contributed by atoms with Gasteiger partial charge >= 0.3 is 0 Å². The molecule has 3 nitrogen and oxygen atoms in total. The zero-order chi connectivity index (χ0) is 15.9. The molecule has 2 aromatic rings. The monoisotopic (exact) mass is 310 g/mol. The molecule has 0 saturated carbocycles. The van der Waals surface area contributed by atoms with Crippen LogP contribution in [-0.2, 0) is 0 Å². The van der Waals surface area contributed by atoms with Crippen molar-refractivity contribution < 1.29 is 4.79 Å². The number of rotatable bonds is 6. The number of pyridine rings is 1. The first-order chi connectivity index (χ1) is 10.6. The fraction of sp³-hybridized carbons (Fsp3) is 0.278. The molecule has 1 aromatic carbocycles. The number of nitriles is 1. The van der Waals surface area contributed by atoms with Crippen LogP contribution in [0.25, 0.3) is 0 Å². The van der Waals surface area contributed by atoms with Gasteiger partial charge in [0, 0.05) is 17.7 Å². The summed E-state index contributed by atoms with van der Waals surface area (Å²) in [5.41, 5.74) is 3.27. The predicted molar refractivity (Wildman–Crippen MR) is 89.2 cm³/mol. The van der Waals surface area contributed by atoms with Crippen molar-refractivity contribution >= 4 is 17.5 Å². The average molecular weight is 310 g/mol. The van der Waals surface area contributed by atoms with Gasteiger partial charge in [0.15, 0.2) is 5.78 Å². The molecule has 112 valence electrons. The molecule has 0 fully saturated rings. The van der Waals surface area contributed by atoms with Gasteiger partial charge in [0.1, 0.15) is 11.1 Å². The fourth-order valence-corrected chi connectivity index (χ4v) is 3.25. The number of aryl methyl sites for hydroxylation is 2. The first-order valence-corrected chi connectivity index (χ1v) is 8.19. The van der Waals surface area contributed by atoms with Crippen molar-refractivity contribution in [3.05, 3.63) is 58.8 Å². The van der Waals surface area contributed by atoms with Gasteiger partial charge < -0.3 is 0 Å². The lowest BCUT2D eigenvalue weighted by atomic mass is 10.1. The molecule has 0 N–H and O–H groups in total. The number of hydrogen-bond acceptors (Lipinski definition) is 4. The van der Waals surface area contributed by atoms with Gasteiger partial charge in [-0.1, -0.05) is 30.3 Å². The Morgan fingerprint density at radius 3 is 2.68 bits per heavy atom. The molecule has 0 saturated heterocycles. The number of hydrogen-bond donors (Lipinski definition) is 0. The van der Waals surface area contributed by atoms with Crippen molar-refractivity contribution in [1.29, 1.82) is 5.26 Å². The number of Topliss-reactive ketones (excluding diaryl/α,β-unsaturated/α-hetero) is 1. The third-order valence-corrected chi connectivity index (χ3v) is 4.37. The first kappa shape index (κ1) is 16.3. The van der Waals surface area contributed by atoms with E-state index in [4.69, 9.17) is 0 Å². The number of nitrogens with zero attached hydrogens (tertiary/aromatic N) is 2. The molecular formula is C18H18N2OS. The highest BCUT2D eigenvalue weighted by Gasteiger charge is 2.10. The maximum atomic E-state index is 12.0. The molecule has 0 atom stereocenters. The summed E-state index contributed by atoms with van der Waals surface area (Å²) in [5, 5.41) is 10.00. The molecule has 1 aromatic heterocycles. The molecular weight excluding hydrogens is 292 g/mol. The minimum atomic E-state index is 0.162. The summed E-state index contributed by atoms with van der Waals surface area (Å²) < 4.78 is 0. The van der Waals surface area contributed by atoms with E-state index < -0.39 is 0 Å². The summed E-state index contributed by atoms with van der Waals surface area (Å²) in [6, 6.07) is 13.5. The van der Waals surface area contributed by atoms with Crippen molar-refractivity contribution in [2.45, 2.75) is 31.7 Å². The van der Waals surface area contributed by atoms with Crippen LogP contribution in [0.3, 0.4) is 0 Å². The van der Waals surface area contributed by atoms with E-state index in [0.717, 1.165) is 34.0 Å². The summed E-state index contributed by atoms with van der Waals surface area (Å²) in [6.07, 6.45) is 1.29. The third-order valence-electron chi connectivity index (χ3n) is 3.31. The van der Waals surface area contributed by atoms with E-state index in [1.165, 1.54) is 0 Å². The Hall–Kier alpha value is -2.12. The molecule has 0 bridgehead atoms. The summed E-state index contributed by atoms with van der Waals surface area (Å²) in [6.45, 7) is 3.85. The Morgan fingerprint density at radius 1 is 1.27 bits per heavy atom. The average Bonchev–Trinajstić information content (AvgIpc) is 2.52. The zero-order valence-corrected chi connectivity index (χ0v) is 13.6. The van der Waals surface area contributed by atoms with Crippen molar-refractivity contribution in [3.8, 4) is 6.07 Å². The smallest absolute Gasteiger partial charge is 0.162 e. The van der Waals surface area contributed by atoms with E-state index >= 15 is 0 Å². The maximum Gasteiger partial charge on any atom is 0.162 e. The van der Waals surface area contributed by atoms with Gasteiger partial charge in [-0.25, -0.2) is 4.98 Å². The Kier molecular flexibility index (Phi) is 5.74. The number of carbonyl (C=O) groups excluding carboxylic acids is 1. The normalized spacial score (nSPS) is 10.2. The third kappa shape index (κ3) is 4.19. The quantitative estimate of drug-likeness (QED) is 0.453. The van der Waals surface area contributed by atoms with Gasteiger partial charge in [0.2, 0.25) is 0 Å². The molecule has 0 unspecified atom stereocenters. The van der Waals surface area contributed by atoms with Gasteiger partial charge in [0.05, 0.1) is 5.56 Å². The molecule has 0 aliphatic rings. The lowest BCUT2D eigenvalue weighted by Gasteiger charge is -2.07. The zero-order valence-electron chi connectivity index (χ0n) is 12.8.